The number of nitrogens with zero attached hydrogens (tertiary/aromatic N) is 4. The highest BCUT2D eigenvalue weighted by molar-refractivity contribution is 5.55. The minimum atomic E-state index is 0.908. The van der Waals surface area contributed by atoms with Crippen molar-refractivity contribution in [1.82, 2.24) is 9.97 Å². The van der Waals surface area contributed by atoms with Gasteiger partial charge in [-0.1, -0.05) is 6.92 Å². The molecule has 5 nitrogen and oxygen atoms in total. The van der Waals surface area contributed by atoms with Crippen molar-refractivity contribution in [3.63, 3.8) is 0 Å². The average Bonchev–Trinajstić information content (AvgIpc) is 3.17. The Morgan fingerprint density at radius 1 is 1.00 bits per heavy atom. The van der Waals surface area contributed by atoms with Crippen molar-refractivity contribution in [3.8, 4) is 0 Å². The van der Waals surface area contributed by atoms with Crippen molar-refractivity contribution in [2.45, 2.75) is 39.0 Å². The number of hydrogen-bond donors (Lipinski definition) is 1. The van der Waals surface area contributed by atoms with Crippen LogP contribution in [0.2, 0.25) is 0 Å². The molecule has 1 N–H and O–H groups in total. The molecular weight excluding hydrogens is 250 g/mol. The fourth-order valence-corrected chi connectivity index (χ4v) is 2.93. The third-order valence-electron chi connectivity index (χ3n) is 4.08. The molecule has 0 aliphatic carbocycles. The summed E-state index contributed by atoms with van der Waals surface area (Å²) in [6.45, 7) is 7.59. The van der Waals surface area contributed by atoms with Crippen molar-refractivity contribution >= 4 is 17.6 Å². The zero-order chi connectivity index (χ0) is 13.8. The molecule has 2 aliphatic heterocycles. The molecule has 0 unspecified atom stereocenters. The molecule has 110 valence electrons. The number of hydrogen-bond acceptors (Lipinski definition) is 5. The van der Waals surface area contributed by atoms with E-state index in [0.717, 1.165) is 56.7 Å². The summed E-state index contributed by atoms with van der Waals surface area (Å²) in [5, 5.41) is 3.42. The van der Waals surface area contributed by atoms with Gasteiger partial charge in [0.1, 0.15) is 11.6 Å². The topological polar surface area (TPSA) is 44.3 Å². The van der Waals surface area contributed by atoms with Crippen LogP contribution in [0.15, 0.2) is 6.07 Å². The minimum Gasteiger partial charge on any atom is -0.370 e. The van der Waals surface area contributed by atoms with Crippen LogP contribution < -0.4 is 15.1 Å². The van der Waals surface area contributed by atoms with Gasteiger partial charge in [0, 0.05) is 38.8 Å². The molecule has 5 heteroatoms. The van der Waals surface area contributed by atoms with Crippen LogP contribution in [0.1, 0.15) is 39.0 Å². The molecular formula is C15H25N5. The van der Waals surface area contributed by atoms with Crippen molar-refractivity contribution in [3.05, 3.63) is 6.07 Å². The van der Waals surface area contributed by atoms with Gasteiger partial charge in [-0.15, -0.1) is 0 Å². The standard InChI is InChI=1S/C15H25N5/c1-2-7-16-13-12-14(19-8-3-4-9-19)18-15(17-13)20-10-5-6-11-20/h12H,2-11H2,1H3,(H,16,17,18). The van der Waals surface area contributed by atoms with Crippen molar-refractivity contribution in [2.24, 2.45) is 0 Å². The highest BCUT2D eigenvalue weighted by atomic mass is 15.3. The fourth-order valence-electron chi connectivity index (χ4n) is 2.93. The zero-order valence-corrected chi connectivity index (χ0v) is 12.4. The van der Waals surface area contributed by atoms with Gasteiger partial charge >= 0.3 is 0 Å². The summed E-state index contributed by atoms with van der Waals surface area (Å²) in [7, 11) is 0. The molecule has 20 heavy (non-hydrogen) atoms. The molecule has 1 aromatic rings. The van der Waals surface area contributed by atoms with E-state index in [1.807, 2.05) is 0 Å². The van der Waals surface area contributed by atoms with Crippen molar-refractivity contribution in [1.29, 1.82) is 0 Å². The Morgan fingerprint density at radius 2 is 1.65 bits per heavy atom. The maximum Gasteiger partial charge on any atom is 0.229 e. The number of rotatable bonds is 5. The second-order valence-electron chi connectivity index (χ2n) is 5.73. The van der Waals surface area contributed by atoms with E-state index in [-0.39, 0.29) is 0 Å². The van der Waals surface area contributed by atoms with E-state index in [0.29, 0.717) is 0 Å². The van der Waals surface area contributed by atoms with Gasteiger partial charge in [-0.3, -0.25) is 0 Å². The largest absolute Gasteiger partial charge is 0.370 e. The highest BCUT2D eigenvalue weighted by Crippen LogP contribution is 2.25. The van der Waals surface area contributed by atoms with Crippen LogP contribution in [0.25, 0.3) is 0 Å². The molecule has 0 radical (unpaired) electrons. The lowest BCUT2D eigenvalue weighted by molar-refractivity contribution is 0.867. The van der Waals surface area contributed by atoms with Crippen LogP contribution >= 0.6 is 0 Å². The van der Waals surface area contributed by atoms with E-state index in [1.165, 1.54) is 25.7 Å². The van der Waals surface area contributed by atoms with E-state index < -0.39 is 0 Å². The molecule has 0 spiro atoms. The molecule has 3 rings (SSSR count). The van der Waals surface area contributed by atoms with E-state index in [1.54, 1.807) is 0 Å². The number of aromatic nitrogens is 2. The summed E-state index contributed by atoms with van der Waals surface area (Å²) in [6, 6.07) is 2.11. The molecule has 0 aromatic carbocycles. The SMILES string of the molecule is CCCNc1cc(N2CCCC2)nc(N2CCCC2)n1. The smallest absolute Gasteiger partial charge is 0.229 e. The van der Waals surface area contributed by atoms with E-state index in [2.05, 4.69) is 28.1 Å². The quantitative estimate of drug-likeness (QED) is 0.894. The second kappa shape index (κ2) is 6.29. The first-order chi connectivity index (χ1) is 9.86. The Hall–Kier alpha value is -1.52. The van der Waals surface area contributed by atoms with Crippen molar-refractivity contribution in [2.75, 3.05) is 47.8 Å². The summed E-state index contributed by atoms with van der Waals surface area (Å²) >= 11 is 0. The maximum atomic E-state index is 4.81. The predicted octanol–water partition coefficient (Wildman–Crippen LogP) is 2.50. The summed E-state index contributed by atoms with van der Waals surface area (Å²) < 4.78 is 0. The lowest BCUT2D eigenvalue weighted by Crippen LogP contribution is -2.24. The third kappa shape index (κ3) is 2.97. The molecule has 0 amide bonds. The Morgan fingerprint density at radius 3 is 2.30 bits per heavy atom. The van der Waals surface area contributed by atoms with E-state index in [9.17, 15) is 0 Å². The van der Waals surface area contributed by atoms with E-state index in [4.69, 9.17) is 9.97 Å². The Labute approximate surface area is 121 Å². The summed E-state index contributed by atoms with van der Waals surface area (Å²) in [4.78, 5) is 14.2. The van der Waals surface area contributed by atoms with Crippen LogP contribution in [0.3, 0.4) is 0 Å². The normalized spacial score (nSPS) is 18.9. The average molecular weight is 275 g/mol. The van der Waals surface area contributed by atoms with Gasteiger partial charge in [0.2, 0.25) is 5.95 Å². The number of anilines is 3. The molecule has 0 atom stereocenters. The first kappa shape index (κ1) is 13.5. The molecule has 1 aromatic heterocycles. The van der Waals surface area contributed by atoms with Gasteiger partial charge < -0.3 is 15.1 Å². The molecule has 0 bridgehead atoms. The maximum absolute atomic E-state index is 4.81. The van der Waals surface area contributed by atoms with Crippen LogP contribution in [0.5, 0.6) is 0 Å². The molecule has 0 saturated carbocycles. The molecule has 2 saturated heterocycles. The minimum absolute atomic E-state index is 0.908. The molecule has 2 aliphatic rings. The van der Waals surface area contributed by atoms with Gasteiger partial charge in [0.25, 0.3) is 0 Å². The third-order valence-corrected chi connectivity index (χ3v) is 4.08. The number of nitrogens with one attached hydrogen (secondary N) is 1. The lowest BCUT2D eigenvalue weighted by atomic mass is 10.4. The van der Waals surface area contributed by atoms with Gasteiger partial charge in [0.15, 0.2) is 0 Å². The Bertz CT molecular complexity index is 402. The lowest BCUT2D eigenvalue weighted by Gasteiger charge is -2.22. The molecule has 3 heterocycles. The summed E-state index contributed by atoms with van der Waals surface area (Å²) in [6.07, 6.45) is 6.19. The van der Waals surface area contributed by atoms with Crippen LogP contribution in [0.4, 0.5) is 17.6 Å². The zero-order valence-electron chi connectivity index (χ0n) is 12.4. The Balaban J connectivity index is 1.85. The monoisotopic (exact) mass is 275 g/mol. The van der Waals surface area contributed by atoms with Gasteiger partial charge in [-0.25, -0.2) is 0 Å². The highest BCUT2D eigenvalue weighted by Gasteiger charge is 2.20. The van der Waals surface area contributed by atoms with Gasteiger partial charge in [0.05, 0.1) is 0 Å². The second-order valence-corrected chi connectivity index (χ2v) is 5.73. The first-order valence-corrected chi connectivity index (χ1v) is 7.99. The first-order valence-electron chi connectivity index (χ1n) is 7.99. The fraction of sp³-hybridized carbons (Fsp3) is 0.733. The van der Waals surface area contributed by atoms with Crippen LogP contribution in [-0.4, -0.2) is 42.7 Å². The van der Waals surface area contributed by atoms with Gasteiger partial charge in [-0.05, 0) is 32.1 Å². The van der Waals surface area contributed by atoms with Crippen LogP contribution in [0, 0.1) is 0 Å². The summed E-state index contributed by atoms with van der Waals surface area (Å²) in [5.74, 6) is 2.98. The molecule has 2 fully saturated rings. The van der Waals surface area contributed by atoms with Crippen LogP contribution in [-0.2, 0) is 0 Å². The Kier molecular flexibility index (Phi) is 4.23. The summed E-state index contributed by atoms with van der Waals surface area (Å²) in [5.41, 5.74) is 0. The van der Waals surface area contributed by atoms with Gasteiger partial charge in [-0.2, -0.15) is 9.97 Å². The predicted molar refractivity (Wildman–Crippen MR) is 83.7 cm³/mol. The van der Waals surface area contributed by atoms with Crippen molar-refractivity contribution < 1.29 is 0 Å². The van der Waals surface area contributed by atoms with E-state index >= 15 is 0 Å².